The van der Waals surface area contributed by atoms with Crippen LogP contribution in [-0.2, 0) is 0 Å². The Morgan fingerprint density at radius 1 is 1.18 bits per heavy atom. The molecule has 0 aliphatic heterocycles. The molecule has 136 valence electrons. The normalized spacial score (nSPS) is 10.6. The van der Waals surface area contributed by atoms with E-state index in [9.17, 15) is 15.4 Å². The van der Waals surface area contributed by atoms with Crippen LogP contribution in [0.15, 0.2) is 61.1 Å². The van der Waals surface area contributed by atoms with Gasteiger partial charge in [-0.1, -0.05) is 6.07 Å². The fourth-order valence-electron chi connectivity index (χ4n) is 3.06. The highest BCUT2D eigenvalue weighted by Gasteiger charge is 2.18. The third kappa shape index (κ3) is 2.81. The Balaban J connectivity index is 2.00. The summed E-state index contributed by atoms with van der Waals surface area (Å²) in [5, 5.41) is 20.7. The fourth-order valence-corrected chi connectivity index (χ4v) is 3.06. The Bertz CT molecular complexity index is 1240. The summed E-state index contributed by atoms with van der Waals surface area (Å²) < 4.78 is 6.91. The fraction of sp³-hybridized carbons (Fsp3) is 0.0500. The van der Waals surface area contributed by atoms with E-state index in [-0.39, 0.29) is 5.69 Å². The number of ether oxygens (including phenoxy) is 1. The molecule has 0 N–H and O–H groups in total. The van der Waals surface area contributed by atoms with Crippen LogP contribution in [0.1, 0.15) is 5.56 Å². The molecule has 2 aromatic carbocycles. The van der Waals surface area contributed by atoms with Crippen LogP contribution < -0.4 is 4.74 Å². The van der Waals surface area contributed by atoms with Crippen LogP contribution in [0.2, 0.25) is 0 Å². The van der Waals surface area contributed by atoms with E-state index in [1.807, 2.05) is 24.3 Å². The SMILES string of the molecule is COc1ccc(-c2ncnc3c(C#N)cn(-c4cccc([N+](=O)[O-])c4)c23)cc1. The molecule has 0 spiro atoms. The van der Waals surface area contributed by atoms with E-state index in [0.29, 0.717) is 33.7 Å². The first-order valence-corrected chi connectivity index (χ1v) is 8.28. The van der Waals surface area contributed by atoms with E-state index in [2.05, 4.69) is 16.0 Å². The van der Waals surface area contributed by atoms with Gasteiger partial charge in [0.1, 0.15) is 23.7 Å². The third-order valence-corrected chi connectivity index (χ3v) is 4.38. The van der Waals surface area contributed by atoms with Gasteiger partial charge in [0.15, 0.2) is 0 Å². The van der Waals surface area contributed by atoms with Crippen molar-refractivity contribution in [1.82, 2.24) is 14.5 Å². The average molecular weight is 371 g/mol. The highest BCUT2D eigenvalue weighted by atomic mass is 16.6. The number of aromatic nitrogens is 3. The lowest BCUT2D eigenvalue weighted by molar-refractivity contribution is -0.384. The van der Waals surface area contributed by atoms with Crippen LogP contribution in [0.5, 0.6) is 5.75 Å². The van der Waals surface area contributed by atoms with Gasteiger partial charge in [-0.2, -0.15) is 5.26 Å². The molecule has 4 rings (SSSR count). The van der Waals surface area contributed by atoms with Gasteiger partial charge < -0.3 is 9.30 Å². The lowest BCUT2D eigenvalue weighted by Gasteiger charge is -2.09. The van der Waals surface area contributed by atoms with Gasteiger partial charge >= 0.3 is 0 Å². The summed E-state index contributed by atoms with van der Waals surface area (Å²) in [5.74, 6) is 0.709. The number of nitriles is 1. The molecule has 0 fully saturated rings. The standard InChI is InChI=1S/C20H13N5O3/c1-28-17-7-5-13(6-8-17)18-20-19(23-12-22-18)14(10-21)11-24(20)15-3-2-4-16(9-15)25(26)27/h2-9,11-12H,1H3. The second-order valence-corrected chi connectivity index (χ2v) is 5.95. The van der Waals surface area contributed by atoms with Gasteiger partial charge in [-0.05, 0) is 30.3 Å². The van der Waals surface area contributed by atoms with Crippen LogP contribution in [0.25, 0.3) is 28.0 Å². The van der Waals surface area contributed by atoms with E-state index in [1.54, 1.807) is 30.0 Å². The predicted molar refractivity (Wildman–Crippen MR) is 102 cm³/mol. The Hall–Kier alpha value is -4.25. The van der Waals surface area contributed by atoms with E-state index >= 15 is 0 Å². The Kier molecular flexibility index (Phi) is 4.18. The van der Waals surface area contributed by atoms with Crippen LogP contribution in [0.3, 0.4) is 0 Å². The number of methoxy groups -OCH3 is 1. The van der Waals surface area contributed by atoms with Crippen molar-refractivity contribution in [2.45, 2.75) is 0 Å². The van der Waals surface area contributed by atoms with Gasteiger partial charge in [0.25, 0.3) is 5.69 Å². The quantitative estimate of drug-likeness (QED) is 0.398. The summed E-state index contributed by atoms with van der Waals surface area (Å²) in [6, 6.07) is 15.7. The van der Waals surface area contributed by atoms with Crippen molar-refractivity contribution in [3.63, 3.8) is 0 Å². The van der Waals surface area contributed by atoms with Gasteiger partial charge in [-0.3, -0.25) is 10.1 Å². The molecule has 0 radical (unpaired) electrons. The molecule has 8 heteroatoms. The maximum absolute atomic E-state index is 11.2. The molecule has 0 atom stereocenters. The number of non-ortho nitro benzene ring substituents is 1. The minimum atomic E-state index is -0.457. The van der Waals surface area contributed by atoms with Gasteiger partial charge in [0, 0.05) is 23.9 Å². The second-order valence-electron chi connectivity index (χ2n) is 5.95. The average Bonchev–Trinajstić information content (AvgIpc) is 3.13. The molecule has 0 saturated carbocycles. The topological polar surface area (TPSA) is 107 Å². The molecule has 0 amide bonds. The Morgan fingerprint density at radius 2 is 1.96 bits per heavy atom. The van der Waals surface area contributed by atoms with Crippen molar-refractivity contribution in [3.8, 4) is 28.8 Å². The zero-order valence-electron chi connectivity index (χ0n) is 14.7. The maximum Gasteiger partial charge on any atom is 0.271 e. The number of nitro benzene ring substituents is 1. The Morgan fingerprint density at radius 3 is 2.64 bits per heavy atom. The lowest BCUT2D eigenvalue weighted by atomic mass is 10.1. The highest BCUT2D eigenvalue weighted by molar-refractivity contribution is 5.94. The molecule has 0 aliphatic carbocycles. The number of hydrogen-bond donors (Lipinski definition) is 0. The van der Waals surface area contributed by atoms with E-state index in [4.69, 9.17) is 4.74 Å². The summed E-state index contributed by atoms with van der Waals surface area (Å²) in [6.07, 6.45) is 3.02. The maximum atomic E-state index is 11.2. The zero-order chi connectivity index (χ0) is 19.7. The molecule has 0 bridgehead atoms. The van der Waals surface area contributed by atoms with Crippen molar-refractivity contribution in [1.29, 1.82) is 5.26 Å². The van der Waals surface area contributed by atoms with Crippen LogP contribution in [-0.4, -0.2) is 26.6 Å². The van der Waals surface area contributed by atoms with Gasteiger partial charge in [0.05, 0.1) is 34.5 Å². The van der Waals surface area contributed by atoms with E-state index in [0.717, 1.165) is 5.56 Å². The van der Waals surface area contributed by atoms with Gasteiger partial charge in [-0.15, -0.1) is 0 Å². The summed E-state index contributed by atoms with van der Waals surface area (Å²) in [6.45, 7) is 0. The molecular formula is C20H13N5O3. The minimum Gasteiger partial charge on any atom is -0.497 e. The molecule has 2 aromatic heterocycles. The van der Waals surface area contributed by atoms with Crippen molar-refractivity contribution >= 4 is 16.7 Å². The largest absolute Gasteiger partial charge is 0.497 e. The number of hydrogen-bond acceptors (Lipinski definition) is 6. The molecule has 0 aliphatic rings. The number of nitro groups is 1. The Labute approximate surface area is 159 Å². The van der Waals surface area contributed by atoms with E-state index < -0.39 is 4.92 Å². The molecular weight excluding hydrogens is 358 g/mol. The van der Waals surface area contributed by atoms with E-state index in [1.165, 1.54) is 18.5 Å². The molecule has 2 heterocycles. The van der Waals surface area contributed by atoms with Crippen LogP contribution in [0, 0.1) is 21.4 Å². The number of fused-ring (bicyclic) bond motifs is 1. The summed E-state index contributed by atoms with van der Waals surface area (Å²) >= 11 is 0. The highest BCUT2D eigenvalue weighted by Crippen LogP contribution is 2.32. The summed E-state index contributed by atoms with van der Waals surface area (Å²) in [7, 11) is 1.59. The van der Waals surface area contributed by atoms with Crippen molar-refractivity contribution in [2.75, 3.05) is 7.11 Å². The van der Waals surface area contributed by atoms with Gasteiger partial charge in [0.2, 0.25) is 0 Å². The van der Waals surface area contributed by atoms with Crippen molar-refractivity contribution in [3.05, 3.63) is 76.7 Å². The monoisotopic (exact) mass is 371 g/mol. The smallest absolute Gasteiger partial charge is 0.271 e. The van der Waals surface area contributed by atoms with Gasteiger partial charge in [-0.25, -0.2) is 9.97 Å². The first-order chi connectivity index (χ1) is 13.6. The number of benzene rings is 2. The first kappa shape index (κ1) is 17.2. The molecule has 28 heavy (non-hydrogen) atoms. The molecule has 4 aromatic rings. The summed E-state index contributed by atoms with van der Waals surface area (Å²) in [5.41, 5.74) is 3.37. The molecule has 0 saturated heterocycles. The first-order valence-electron chi connectivity index (χ1n) is 8.28. The summed E-state index contributed by atoms with van der Waals surface area (Å²) in [4.78, 5) is 19.4. The minimum absolute atomic E-state index is 0.0410. The number of nitrogens with zero attached hydrogens (tertiary/aromatic N) is 5. The van der Waals surface area contributed by atoms with Crippen LogP contribution >= 0.6 is 0 Å². The third-order valence-electron chi connectivity index (χ3n) is 4.38. The van der Waals surface area contributed by atoms with Crippen LogP contribution in [0.4, 0.5) is 5.69 Å². The second kappa shape index (κ2) is 6.81. The van der Waals surface area contributed by atoms with Crippen molar-refractivity contribution < 1.29 is 9.66 Å². The molecule has 8 nitrogen and oxygen atoms in total. The number of rotatable bonds is 4. The zero-order valence-corrected chi connectivity index (χ0v) is 14.7. The van der Waals surface area contributed by atoms with Crippen molar-refractivity contribution in [2.24, 2.45) is 0 Å². The predicted octanol–water partition coefficient (Wildman–Crippen LogP) is 3.88. The molecule has 0 unspecified atom stereocenters. The lowest BCUT2D eigenvalue weighted by Crippen LogP contribution is -1.98.